The Kier molecular flexibility index (Phi) is 7.53. The van der Waals surface area contributed by atoms with Crippen molar-refractivity contribution in [3.63, 3.8) is 0 Å². The average Bonchev–Trinajstić information content (AvgIpc) is 2.82. The van der Waals surface area contributed by atoms with Crippen LogP contribution in [0.3, 0.4) is 0 Å². The van der Waals surface area contributed by atoms with Crippen molar-refractivity contribution in [3.05, 3.63) is 106 Å². The van der Waals surface area contributed by atoms with Gasteiger partial charge in [-0.15, -0.1) is 0 Å². The van der Waals surface area contributed by atoms with Gasteiger partial charge >= 0.3 is 0 Å². The fourth-order valence-corrected chi connectivity index (χ4v) is 7.79. The van der Waals surface area contributed by atoms with Gasteiger partial charge in [0.1, 0.15) is 0 Å². The predicted molar refractivity (Wildman–Crippen MR) is 131 cm³/mol. The summed E-state index contributed by atoms with van der Waals surface area (Å²) in [5, 5.41) is 11.9. The molecule has 0 saturated heterocycles. The topological polar surface area (TPSA) is 115 Å². The van der Waals surface area contributed by atoms with E-state index in [1.165, 1.54) is 54.6 Å². The first-order valence-corrected chi connectivity index (χ1v) is 13.3. The molecular formula is C24H24N2O6S2. The summed E-state index contributed by atoms with van der Waals surface area (Å²) in [5.74, 6) is 0. The van der Waals surface area contributed by atoms with Crippen LogP contribution in [-0.2, 0) is 19.7 Å². The predicted octanol–water partition coefficient (Wildman–Crippen LogP) is 4.03. The molecule has 10 heteroatoms. The van der Waals surface area contributed by atoms with Crippen molar-refractivity contribution in [1.29, 1.82) is 0 Å². The van der Waals surface area contributed by atoms with E-state index >= 15 is 0 Å². The van der Waals surface area contributed by atoms with Crippen molar-refractivity contribution in [2.45, 2.75) is 20.8 Å². The molecular weight excluding hydrogens is 476 g/mol. The molecule has 0 N–H and O–H groups in total. The summed E-state index contributed by atoms with van der Waals surface area (Å²) in [6, 6.07) is 21.0. The average molecular weight is 501 g/mol. The zero-order valence-electron chi connectivity index (χ0n) is 18.6. The maximum absolute atomic E-state index is 13.4. The van der Waals surface area contributed by atoms with Crippen LogP contribution in [0, 0.1) is 10.1 Å². The minimum Gasteiger partial charge on any atom is -0.378 e. The number of allylic oxidation sites excluding steroid dienone is 1. The summed E-state index contributed by atoms with van der Waals surface area (Å²) >= 11 is 0. The third-order valence-corrected chi connectivity index (χ3v) is 10.3. The molecule has 178 valence electrons. The molecule has 0 bridgehead atoms. The second kappa shape index (κ2) is 10.2. The number of anilines is 1. The zero-order chi connectivity index (χ0) is 24.9. The van der Waals surface area contributed by atoms with Gasteiger partial charge in [-0.2, -0.15) is 0 Å². The standard InChI is InChI=1S/C24H24N2O6S2/c1-25(2)20-15-13-19(14-16-20)17-21(26(27)28)18-24(33(29,30)22-9-5-3-6-10-22)34(31,32)23-11-7-4-8-12-23/h3-17,24H,18H2,1-2H3/b21-17+. The minimum atomic E-state index is -4.49. The van der Waals surface area contributed by atoms with Crippen LogP contribution >= 0.6 is 0 Å². The van der Waals surface area contributed by atoms with E-state index < -0.39 is 41.3 Å². The third kappa shape index (κ3) is 5.52. The number of sulfone groups is 2. The molecule has 3 aromatic rings. The Balaban J connectivity index is 2.12. The number of nitrogens with zero attached hydrogens (tertiary/aromatic N) is 2. The molecule has 0 fully saturated rings. The summed E-state index contributed by atoms with van der Waals surface area (Å²) in [6.07, 6.45) is 0.379. The van der Waals surface area contributed by atoms with Gasteiger partial charge in [0.2, 0.25) is 5.70 Å². The van der Waals surface area contributed by atoms with Crippen LogP contribution in [0.5, 0.6) is 0 Å². The first-order valence-electron chi connectivity index (χ1n) is 10.2. The number of rotatable bonds is 9. The Morgan fingerprint density at radius 1 is 0.824 bits per heavy atom. The van der Waals surface area contributed by atoms with Gasteiger partial charge in [0.25, 0.3) is 0 Å². The maximum Gasteiger partial charge on any atom is 0.249 e. The monoisotopic (exact) mass is 500 g/mol. The van der Waals surface area contributed by atoms with E-state index in [0.717, 1.165) is 5.69 Å². The lowest BCUT2D eigenvalue weighted by Gasteiger charge is -2.18. The second-order valence-electron chi connectivity index (χ2n) is 7.73. The smallest absolute Gasteiger partial charge is 0.249 e. The van der Waals surface area contributed by atoms with E-state index in [4.69, 9.17) is 0 Å². The van der Waals surface area contributed by atoms with Crippen LogP contribution in [0.4, 0.5) is 5.69 Å². The van der Waals surface area contributed by atoms with Crippen molar-refractivity contribution in [2.24, 2.45) is 0 Å². The fraction of sp³-hybridized carbons (Fsp3) is 0.167. The first-order chi connectivity index (χ1) is 16.0. The van der Waals surface area contributed by atoms with Gasteiger partial charge in [0, 0.05) is 25.9 Å². The van der Waals surface area contributed by atoms with E-state index in [2.05, 4.69) is 0 Å². The largest absolute Gasteiger partial charge is 0.378 e. The van der Waals surface area contributed by atoms with E-state index in [0.29, 0.717) is 5.56 Å². The summed E-state index contributed by atoms with van der Waals surface area (Å²) < 4.78 is 51.7. The number of benzene rings is 3. The Bertz CT molecular complexity index is 1320. The Hall–Kier alpha value is -3.50. The molecule has 0 aromatic heterocycles. The summed E-state index contributed by atoms with van der Waals surface area (Å²) in [7, 11) is -5.28. The summed E-state index contributed by atoms with van der Waals surface area (Å²) in [5.41, 5.74) is 0.794. The number of nitro groups is 1. The molecule has 0 aliphatic carbocycles. The Morgan fingerprint density at radius 3 is 1.65 bits per heavy atom. The lowest BCUT2D eigenvalue weighted by Crippen LogP contribution is -2.32. The molecule has 0 radical (unpaired) electrons. The first kappa shape index (κ1) is 25.1. The van der Waals surface area contributed by atoms with E-state index in [-0.39, 0.29) is 9.79 Å². The van der Waals surface area contributed by atoms with Crippen LogP contribution in [0.2, 0.25) is 0 Å². The molecule has 3 aromatic carbocycles. The molecule has 0 aliphatic heterocycles. The van der Waals surface area contributed by atoms with E-state index in [9.17, 15) is 26.9 Å². The highest BCUT2D eigenvalue weighted by molar-refractivity contribution is 8.09. The zero-order valence-corrected chi connectivity index (χ0v) is 20.2. The van der Waals surface area contributed by atoms with Gasteiger partial charge < -0.3 is 4.90 Å². The van der Waals surface area contributed by atoms with Crippen molar-refractivity contribution in [2.75, 3.05) is 19.0 Å². The SMILES string of the molecule is CN(C)c1ccc(/C=C(\CC(S(=O)(=O)c2ccccc2)S(=O)(=O)c2ccccc2)[N+](=O)[O-])cc1. The molecule has 34 heavy (non-hydrogen) atoms. The van der Waals surface area contributed by atoms with Gasteiger partial charge in [-0.1, -0.05) is 48.5 Å². The number of hydrogen-bond donors (Lipinski definition) is 0. The fourth-order valence-electron chi connectivity index (χ4n) is 3.33. The molecule has 0 unspecified atom stereocenters. The summed E-state index contributed by atoms with van der Waals surface area (Å²) in [4.78, 5) is 12.5. The lowest BCUT2D eigenvalue weighted by atomic mass is 10.1. The molecule has 0 spiro atoms. The molecule has 0 aliphatic rings. The van der Waals surface area contributed by atoms with Gasteiger partial charge in [0.15, 0.2) is 24.3 Å². The van der Waals surface area contributed by atoms with Gasteiger partial charge in [0.05, 0.1) is 21.1 Å². The van der Waals surface area contributed by atoms with Crippen LogP contribution in [0.25, 0.3) is 6.08 Å². The van der Waals surface area contributed by atoms with Crippen LogP contribution in [0.1, 0.15) is 12.0 Å². The molecule has 0 saturated carbocycles. The highest BCUT2D eigenvalue weighted by Crippen LogP contribution is 2.31. The molecule has 3 rings (SSSR count). The van der Waals surface area contributed by atoms with Gasteiger partial charge in [-0.3, -0.25) is 10.1 Å². The highest BCUT2D eigenvalue weighted by atomic mass is 32.3. The summed E-state index contributed by atoms with van der Waals surface area (Å²) in [6.45, 7) is 0. The molecule has 0 heterocycles. The lowest BCUT2D eigenvalue weighted by molar-refractivity contribution is -0.425. The van der Waals surface area contributed by atoms with Crippen molar-refractivity contribution in [1.82, 2.24) is 0 Å². The maximum atomic E-state index is 13.4. The van der Waals surface area contributed by atoms with Crippen molar-refractivity contribution < 1.29 is 21.8 Å². The highest BCUT2D eigenvalue weighted by Gasteiger charge is 2.42. The van der Waals surface area contributed by atoms with Gasteiger partial charge in [-0.05, 0) is 42.0 Å². The third-order valence-electron chi connectivity index (χ3n) is 5.19. The van der Waals surface area contributed by atoms with Crippen molar-refractivity contribution >= 4 is 31.4 Å². The van der Waals surface area contributed by atoms with E-state index in [1.807, 2.05) is 19.0 Å². The molecule has 0 atom stereocenters. The van der Waals surface area contributed by atoms with Crippen LogP contribution in [-0.4, -0.2) is 40.4 Å². The van der Waals surface area contributed by atoms with Crippen molar-refractivity contribution in [3.8, 4) is 0 Å². The minimum absolute atomic E-state index is 0.225. The van der Waals surface area contributed by atoms with Gasteiger partial charge in [-0.25, -0.2) is 16.8 Å². The normalized spacial score (nSPS) is 12.5. The molecule has 8 nitrogen and oxygen atoms in total. The Labute approximate surface area is 199 Å². The molecule has 0 amide bonds. The number of hydrogen-bond acceptors (Lipinski definition) is 7. The quantitative estimate of drug-likeness (QED) is 0.322. The Morgan fingerprint density at radius 2 is 1.26 bits per heavy atom. The van der Waals surface area contributed by atoms with E-state index in [1.54, 1.807) is 36.4 Å². The van der Waals surface area contributed by atoms with Crippen LogP contribution in [0.15, 0.2) is 100 Å². The van der Waals surface area contributed by atoms with Crippen LogP contribution < -0.4 is 4.90 Å². The second-order valence-corrected chi connectivity index (χ2v) is 12.3.